The van der Waals surface area contributed by atoms with Crippen molar-refractivity contribution >= 4 is 0 Å². The number of aryl methyl sites for hydroxylation is 1. The fraction of sp³-hybridized carbons (Fsp3) is 0.357. The van der Waals surface area contributed by atoms with E-state index < -0.39 is 0 Å². The lowest BCUT2D eigenvalue weighted by molar-refractivity contribution is 0.321. The highest BCUT2D eigenvalue weighted by atomic mass is 19.1. The number of nitrogens with two attached hydrogens (primary N) is 1. The fourth-order valence-corrected chi connectivity index (χ4v) is 2.11. The largest absolute Gasteiger partial charge is 0.491 e. The molecule has 1 heterocycles. The summed E-state index contributed by atoms with van der Waals surface area (Å²) in [5.41, 5.74) is 6.61. The summed E-state index contributed by atoms with van der Waals surface area (Å²) in [6.07, 6.45) is 3.56. The number of halogens is 1. The molecule has 19 heavy (non-hydrogen) atoms. The molecule has 0 bridgehead atoms. The number of nitrogens with zero attached hydrogens (tertiary/aromatic N) is 2. The first-order valence-electron chi connectivity index (χ1n) is 6.26. The highest BCUT2D eigenvalue weighted by Gasteiger charge is 2.18. The standard InChI is InChI=1S/C14H18FN3O/c1-3-19-13-5-4-10(8-12(13)15)11(9-16)14-17-6-7-18(14)2/h4-8,11H,3,9,16H2,1-2H3. The average Bonchev–Trinajstić information content (AvgIpc) is 2.80. The lowest BCUT2D eigenvalue weighted by atomic mass is 9.98. The molecule has 1 unspecified atom stereocenters. The molecule has 1 aromatic carbocycles. The summed E-state index contributed by atoms with van der Waals surface area (Å²) in [6, 6.07) is 4.94. The molecule has 0 aliphatic carbocycles. The van der Waals surface area contributed by atoms with Gasteiger partial charge in [-0.15, -0.1) is 0 Å². The maximum atomic E-state index is 13.9. The maximum absolute atomic E-state index is 13.9. The zero-order chi connectivity index (χ0) is 13.8. The van der Waals surface area contributed by atoms with Crippen LogP contribution in [0.15, 0.2) is 30.6 Å². The Balaban J connectivity index is 2.34. The molecule has 0 fully saturated rings. The summed E-state index contributed by atoms with van der Waals surface area (Å²) in [6.45, 7) is 2.64. The first-order chi connectivity index (χ1) is 9.17. The van der Waals surface area contributed by atoms with Gasteiger partial charge < -0.3 is 15.0 Å². The van der Waals surface area contributed by atoms with E-state index in [1.165, 1.54) is 6.07 Å². The van der Waals surface area contributed by atoms with Gasteiger partial charge in [0.2, 0.25) is 0 Å². The first-order valence-corrected chi connectivity index (χ1v) is 6.26. The second-order valence-corrected chi connectivity index (χ2v) is 4.31. The Morgan fingerprint density at radius 3 is 2.79 bits per heavy atom. The molecule has 4 nitrogen and oxygen atoms in total. The van der Waals surface area contributed by atoms with Gasteiger partial charge in [0.1, 0.15) is 5.82 Å². The van der Waals surface area contributed by atoms with E-state index in [9.17, 15) is 4.39 Å². The third-order valence-corrected chi connectivity index (χ3v) is 3.06. The molecule has 0 amide bonds. The van der Waals surface area contributed by atoms with Crippen LogP contribution in [0, 0.1) is 5.82 Å². The number of hydrogen-bond donors (Lipinski definition) is 1. The van der Waals surface area contributed by atoms with Gasteiger partial charge in [-0.05, 0) is 24.6 Å². The van der Waals surface area contributed by atoms with Gasteiger partial charge in [-0.3, -0.25) is 0 Å². The highest BCUT2D eigenvalue weighted by molar-refractivity contribution is 5.34. The SMILES string of the molecule is CCOc1ccc(C(CN)c2nccn2C)cc1F. The summed E-state index contributed by atoms with van der Waals surface area (Å²) in [7, 11) is 1.90. The molecule has 2 aromatic rings. The molecule has 2 rings (SSSR count). The van der Waals surface area contributed by atoms with Gasteiger partial charge in [0.15, 0.2) is 11.6 Å². The summed E-state index contributed by atoms with van der Waals surface area (Å²) in [4.78, 5) is 4.28. The van der Waals surface area contributed by atoms with Gasteiger partial charge in [0, 0.05) is 26.0 Å². The Morgan fingerprint density at radius 1 is 1.47 bits per heavy atom. The van der Waals surface area contributed by atoms with Crippen molar-refractivity contribution in [3.63, 3.8) is 0 Å². The van der Waals surface area contributed by atoms with Gasteiger partial charge >= 0.3 is 0 Å². The van der Waals surface area contributed by atoms with Crippen molar-refractivity contribution in [3.05, 3.63) is 47.8 Å². The lowest BCUT2D eigenvalue weighted by Crippen LogP contribution is -2.17. The molecule has 1 atom stereocenters. The Morgan fingerprint density at radius 2 is 2.26 bits per heavy atom. The van der Waals surface area contributed by atoms with E-state index in [4.69, 9.17) is 10.5 Å². The second-order valence-electron chi connectivity index (χ2n) is 4.31. The third-order valence-electron chi connectivity index (χ3n) is 3.06. The van der Waals surface area contributed by atoms with E-state index in [2.05, 4.69) is 4.98 Å². The predicted molar refractivity (Wildman–Crippen MR) is 71.7 cm³/mol. The Bertz CT molecular complexity index is 553. The summed E-state index contributed by atoms with van der Waals surface area (Å²) >= 11 is 0. The van der Waals surface area contributed by atoms with E-state index >= 15 is 0 Å². The predicted octanol–water partition coefficient (Wildman–Crippen LogP) is 2.05. The van der Waals surface area contributed by atoms with Gasteiger partial charge in [0.25, 0.3) is 0 Å². The van der Waals surface area contributed by atoms with E-state index in [-0.39, 0.29) is 17.5 Å². The van der Waals surface area contributed by atoms with Crippen LogP contribution in [0.4, 0.5) is 4.39 Å². The highest BCUT2D eigenvalue weighted by Crippen LogP contribution is 2.26. The van der Waals surface area contributed by atoms with E-state index in [1.54, 1.807) is 12.3 Å². The number of ether oxygens (including phenoxy) is 1. The minimum atomic E-state index is -0.369. The average molecular weight is 263 g/mol. The van der Waals surface area contributed by atoms with Crippen molar-refractivity contribution in [2.45, 2.75) is 12.8 Å². The van der Waals surface area contributed by atoms with Crippen molar-refractivity contribution < 1.29 is 9.13 Å². The van der Waals surface area contributed by atoms with Crippen LogP contribution in [0.25, 0.3) is 0 Å². The van der Waals surface area contributed by atoms with Crippen molar-refractivity contribution in [2.24, 2.45) is 12.8 Å². The molecular formula is C14H18FN3O. The minimum Gasteiger partial charge on any atom is -0.491 e. The van der Waals surface area contributed by atoms with Crippen LogP contribution < -0.4 is 10.5 Å². The van der Waals surface area contributed by atoms with Crippen LogP contribution in [0.1, 0.15) is 24.2 Å². The molecule has 102 valence electrons. The van der Waals surface area contributed by atoms with Gasteiger partial charge in [0.05, 0.1) is 12.5 Å². The van der Waals surface area contributed by atoms with Gasteiger partial charge in [-0.25, -0.2) is 9.37 Å². The third kappa shape index (κ3) is 2.76. The zero-order valence-corrected chi connectivity index (χ0v) is 11.1. The molecule has 0 radical (unpaired) electrons. The zero-order valence-electron chi connectivity index (χ0n) is 11.1. The van der Waals surface area contributed by atoms with Gasteiger partial charge in [-0.1, -0.05) is 6.07 Å². The number of hydrogen-bond acceptors (Lipinski definition) is 3. The molecule has 0 saturated carbocycles. The van der Waals surface area contributed by atoms with Crippen molar-refractivity contribution in [2.75, 3.05) is 13.2 Å². The summed E-state index contributed by atoms with van der Waals surface area (Å²) in [5, 5.41) is 0. The summed E-state index contributed by atoms with van der Waals surface area (Å²) < 4.78 is 21.0. The van der Waals surface area contributed by atoms with E-state index in [0.717, 1.165) is 11.4 Å². The van der Waals surface area contributed by atoms with Gasteiger partial charge in [-0.2, -0.15) is 0 Å². The number of benzene rings is 1. The molecule has 5 heteroatoms. The Kier molecular flexibility index (Phi) is 4.16. The van der Waals surface area contributed by atoms with E-state index in [0.29, 0.717) is 13.2 Å². The number of aromatic nitrogens is 2. The Labute approximate surface area is 112 Å². The first kappa shape index (κ1) is 13.5. The Hall–Kier alpha value is -1.88. The van der Waals surface area contributed by atoms with Crippen LogP contribution in [0.5, 0.6) is 5.75 Å². The number of rotatable bonds is 5. The minimum absolute atomic E-state index is 0.120. The van der Waals surface area contributed by atoms with Crippen molar-refractivity contribution in [1.82, 2.24) is 9.55 Å². The van der Waals surface area contributed by atoms with E-state index in [1.807, 2.05) is 30.8 Å². The molecule has 0 spiro atoms. The molecule has 2 N–H and O–H groups in total. The smallest absolute Gasteiger partial charge is 0.165 e. The van der Waals surface area contributed by atoms with Crippen LogP contribution in [-0.2, 0) is 7.05 Å². The van der Waals surface area contributed by atoms with Crippen LogP contribution in [0.3, 0.4) is 0 Å². The quantitative estimate of drug-likeness (QED) is 0.898. The number of imidazole rings is 1. The van der Waals surface area contributed by atoms with Crippen molar-refractivity contribution in [3.8, 4) is 5.75 Å². The molecule has 0 aliphatic rings. The molecule has 0 saturated heterocycles. The topological polar surface area (TPSA) is 53.1 Å². The summed E-state index contributed by atoms with van der Waals surface area (Å²) in [5.74, 6) is 0.602. The fourth-order valence-electron chi connectivity index (χ4n) is 2.11. The normalized spacial score (nSPS) is 12.4. The monoisotopic (exact) mass is 263 g/mol. The molecule has 0 aliphatic heterocycles. The van der Waals surface area contributed by atoms with Crippen LogP contribution in [0.2, 0.25) is 0 Å². The second kappa shape index (κ2) is 5.84. The molecular weight excluding hydrogens is 245 g/mol. The van der Waals surface area contributed by atoms with Crippen molar-refractivity contribution in [1.29, 1.82) is 0 Å². The maximum Gasteiger partial charge on any atom is 0.165 e. The van der Waals surface area contributed by atoms with Crippen LogP contribution in [-0.4, -0.2) is 22.7 Å². The lowest BCUT2D eigenvalue weighted by Gasteiger charge is -2.16. The van der Waals surface area contributed by atoms with Crippen LogP contribution >= 0.6 is 0 Å². The molecule has 1 aromatic heterocycles.